The standard InChI is InChI=1S/C14H10Cl2IN3S/c1-2-8-6-9-12(19-14(16)20-13(9)21-8)18-11-4-3-7(17)5-10(11)15/h3-6H,2H2,1H3,(H,18,19,20). The van der Waals surface area contributed by atoms with Gasteiger partial charge < -0.3 is 5.32 Å². The van der Waals surface area contributed by atoms with E-state index in [1.54, 1.807) is 11.3 Å². The predicted octanol–water partition coefficient (Wildman–Crippen LogP) is 5.91. The van der Waals surface area contributed by atoms with E-state index in [-0.39, 0.29) is 5.28 Å². The molecule has 0 amide bonds. The maximum absolute atomic E-state index is 6.26. The Hall–Kier alpha value is -0.630. The van der Waals surface area contributed by atoms with E-state index in [1.807, 2.05) is 18.2 Å². The number of aromatic nitrogens is 2. The van der Waals surface area contributed by atoms with E-state index in [0.29, 0.717) is 10.8 Å². The molecular weight excluding hydrogens is 440 g/mol. The van der Waals surface area contributed by atoms with Crippen molar-refractivity contribution in [3.63, 3.8) is 0 Å². The largest absolute Gasteiger partial charge is 0.338 e. The first-order valence-corrected chi connectivity index (χ1v) is 8.90. The number of nitrogens with one attached hydrogen (secondary N) is 1. The van der Waals surface area contributed by atoms with Gasteiger partial charge in [-0.05, 0) is 64.9 Å². The molecule has 3 nitrogen and oxygen atoms in total. The topological polar surface area (TPSA) is 37.8 Å². The van der Waals surface area contributed by atoms with Crippen LogP contribution < -0.4 is 5.32 Å². The molecule has 0 atom stereocenters. The van der Waals surface area contributed by atoms with E-state index in [1.165, 1.54) is 4.88 Å². The lowest BCUT2D eigenvalue weighted by Crippen LogP contribution is -1.96. The molecule has 0 aliphatic heterocycles. The molecule has 0 saturated heterocycles. The SMILES string of the molecule is CCc1cc2c(Nc3ccc(I)cc3Cl)nc(Cl)nc2s1. The van der Waals surface area contributed by atoms with Crippen LogP contribution in [0.4, 0.5) is 11.5 Å². The molecule has 0 aliphatic carbocycles. The Bertz CT molecular complexity index is 819. The third-order valence-corrected chi connectivity index (χ3v) is 5.28. The second kappa shape index (κ2) is 6.24. The fourth-order valence-corrected chi connectivity index (χ4v) is 4.02. The Labute approximate surface area is 149 Å². The second-order valence-electron chi connectivity index (χ2n) is 4.38. The molecule has 2 heterocycles. The van der Waals surface area contributed by atoms with Crippen LogP contribution in [0.3, 0.4) is 0 Å². The van der Waals surface area contributed by atoms with Crippen molar-refractivity contribution in [3.8, 4) is 0 Å². The maximum Gasteiger partial charge on any atom is 0.225 e. The van der Waals surface area contributed by atoms with Gasteiger partial charge in [-0.2, -0.15) is 4.98 Å². The van der Waals surface area contributed by atoms with Gasteiger partial charge in [0.05, 0.1) is 16.1 Å². The van der Waals surface area contributed by atoms with E-state index < -0.39 is 0 Å². The number of aryl methyl sites for hydroxylation is 1. The van der Waals surface area contributed by atoms with Crippen LogP contribution in [0.5, 0.6) is 0 Å². The van der Waals surface area contributed by atoms with Gasteiger partial charge >= 0.3 is 0 Å². The van der Waals surface area contributed by atoms with Crippen molar-refractivity contribution >= 4 is 78.9 Å². The van der Waals surface area contributed by atoms with Gasteiger partial charge in [0.15, 0.2) is 0 Å². The summed E-state index contributed by atoms with van der Waals surface area (Å²) in [6, 6.07) is 7.91. The van der Waals surface area contributed by atoms with Gasteiger partial charge in [-0.15, -0.1) is 11.3 Å². The van der Waals surface area contributed by atoms with Crippen LogP contribution in [-0.2, 0) is 6.42 Å². The number of anilines is 2. The molecule has 0 unspecified atom stereocenters. The third kappa shape index (κ3) is 3.26. The zero-order valence-corrected chi connectivity index (χ0v) is 15.4. The third-order valence-electron chi connectivity index (χ3n) is 2.95. The number of benzene rings is 1. The van der Waals surface area contributed by atoms with E-state index in [2.05, 4.69) is 50.9 Å². The van der Waals surface area contributed by atoms with Crippen LogP contribution in [0, 0.1) is 3.57 Å². The van der Waals surface area contributed by atoms with Crippen molar-refractivity contribution in [3.05, 3.63) is 43.0 Å². The van der Waals surface area contributed by atoms with Crippen LogP contribution in [0.2, 0.25) is 10.3 Å². The zero-order chi connectivity index (χ0) is 15.0. The molecule has 3 rings (SSSR count). The Morgan fingerprint density at radius 1 is 1.24 bits per heavy atom. The Morgan fingerprint density at radius 3 is 2.76 bits per heavy atom. The molecule has 21 heavy (non-hydrogen) atoms. The van der Waals surface area contributed by atoms with E-state index in [4.69, 9.17) is 23.2 Å². The number of halogens is 3. The molecule has 0 aliphatic rings. The Morgan fingerprint density at radius 2 is 2.05 bits per heavy atom. The Balaban J connectivity index is 2.08. The average molecular weight is 450 g/mol. The number of nitrogens with zero attached hydrogens (tertiary/aromatic N) is 2. The highest BCUT2D eigenvalue weighted by Gasteiger charge is 2.12. The molecule has 108 valence electrons. The highest BCUT2D eigenvalue weighted by molar-refractivity contribution is 14.1. The lowest BCUT2D eigenvalue weighted by molar-refractivity contribution is 1.19. The summed E-state index contributed by atoms with van der Waals surface area (Å²) in [5, 5.41) is 5.11. The van der Waals surface area contributed by atoms with Gasteiger partial charge in [-0.1, -0.05) is 18.5 Å². The molecule has 7 heteroatoms. The predicted molar refractivity (Wildman–Crippen MR) is 99.3 cm³/mol. The van der Waals surface area contributed by atoms with E-state index >= 15 is 0 Å². The smallest absolute Gasteiger partial charge is 0.225 e. The molecule has 1 aromatic carbocycles. The number of fused-ring (bicyclic) bond motifs is 1. The number of hydrogen-bond donors (Lipinski definition) is 1. The minimum absolute atomic E-state index is 0.233. The number of thiophene rings is 1. The zero-order valence-electron chi connectivity index (χ0n) is 11.0. The summed E-state index contributed by atoms with van der Waals surface area (Å²) in [7, 11) is 0. The van der Waals surface area contributed by atoms with Crippen molar-refractivity contribution in [1.82, 2.24) is 9.97 Å². The average Bonchev–Trinajstić information content (AvgIpc) is 2.85. The molecule has 0 radical (unpaired) electrons. The fraction of sp³-hybridized carbons (Fsp3) is 0.143. The van der Waals surface area contributed by atoms with Gasteiger partial charge in [-0.3, -0.25) is 0 Å². The van der Waals surface area contributed by atoms with Crippen molar-refractivity contribution in [2.24, 2.45) is 0 Å². The first-order valence-electron chi connectivity index (χ1n) is 6.25. The van der Waals surface area contributed by atoms with E-state index in [9.17, 15) is 0 Å². The van der Waals surface area contributed by atoms with Gasteiger partial charge in [0.2, 0.25) is 5.28 Å². The highest BCUT2D eigenvalue weighted by atomic mass is 127. The normalized spacial score (nSPS) is 11.0. The molecule has 0 bridgehead atoms. The molecule has 0 saturated carbocycles. The summed E-state index contributed by atoms with van der Waals surface area (Å²) >= 11 is 16.1. The molecule has 0 spiro atoms. The lowest BCUT2D eigenvalue weighted by Gasteiger charge is -2.09. The van der Waals surface area contributed by atoms with Gasteiger partial charge in [0, 0.05) is 8.45 Å². The lowest BCUT2D eigenvalue weighted by atomic mass is 10.3. The van der Waals surface area contributed by atoms with Crippen LogP contribution in [0.25, 0.3) is 10.2 Å². The summed E-state index contributed by atoms with van der Waals surface area (Å²) in [6.45, 7) is 2.11. The minimum Gasteiger partial charge on any atom is -0.338 e. The molecule has 3 aromatic rings. The molecule has 2 aromatic heterocycles. The maximum atomic E-state index is 6.26. The Kier molecular flexibility index (Phi) is 4.54. The minimum atomic E-state index is 0.233. The molecule has 1 N–H and O–H groups in total. The van der Waals surface area contributed by atoms with Gasteiger partial charge in [-0.25, -0.2) is 4.98 Å². The van der Waals surface area contributed by atoms with E-state index in [0.717, 1.165) is 25.9 Å². The number of hydrogen-bond acceptors (Lipinski definition) is 4. The monoisotopic (exact) mass is 449 g/mol. The summed E-state index contributed by atoms with van der Waals surface area (Å²) in [5.74, 6) is 0.684. The summed E-state index contributed by atoms with van der Waals surface area (Å²) < 4.78 is 1.08. The summed E-state index contributed by atoms with van der Waals surface area (Å²) in [4.78, 5) is 10.7. The summed E-state index contributed by atoms with van der Waals surface area (Å²) in [5.41, 5.74) is 0.803. The first-order chi connectivity index (χ1) is 10.1. The van der Waals surface area contributed by atoms with Crippen molar-refractivity contribution < 1.29 is 0 Å². The fourth-order valence-electron chi connectivity index (χ4n) is 1.93. The van der Waals surface area contributed by atoms with Crippen molar-refractivity contribution in [1.29, 1.82) is 0 Å². The van der Waals surface area contributed by atoms with Gasteiger partial charge in [0.1, 0.15) is 10.6 Å². The van der Waals surface area contributed by atoms with Crippen molar-refractivity contribution in [2.75, 3.05) is 5.32 Å². The molecular formula is C14H10Cl2IN3S. The molecule has 0 fully saturated rings. The van der Waals surface area contributed by atoms with Crippen LogP contribution in [0.1, 0.15) is 11.8 Å². The number of rotatable bonds is 3. The second-order valence-corrected chi connectivity index (χ2v) is 7.48. The quantitative estimate of drug-likeness (QED) is 0.399. The van der Waals surface area contributed by atoms with Crippen LogP contribution in [-0.4, -0.2) is 9.97 Å². The van der Waals surface area contributed by atoms with Crippen LogP contribution >= 0.6 is 57.1 Å². The van der Waals surface area contributed by atoms with Gasteiger partial charge in [0.25, 0.3) is 0 Å². The highest BCUT2D eigenvalue weighted by Crippen LogP contribution is 2.33. The summed E-state index contributed by atoms with van der Waals surface area (Å²) in [6.07, 6.45) is 0.961. The first kappa shape index (κ1) is 15.3. The van der Waals surface area contributed by atoms with Crippen LogP contribution in [0.15, 0.2) is 24.3 Å². The van der Waals surface area contributed by atoms with Crippen molar-refractivity contribution in [2.45, 2.75) is 13.3 Å².